The van der Waals surface area contributed by atoms with Gasteiger partial charge in [0.25, 0.3) is 0 Å². The topological polar surface area (TPSA) is 70.6 Å². The maximum absolute atomic E-state index is 13.4. The van der Waals surface area contributed by atoms with Crippen molar-refractivity contribution in [1.82, 2.24) is 5.32 Å². The van der Waals surface area contributed by atoms with E-state index in [2.05, 4.69) is 16.7 Å². The first-order valence-corrected chi connectivity index (χ1v) is 7.34. The minimum atomic E-state index is -0.382. The number of nitrogens with zero attached hydrogens (tertiary/aromatic N) is 1. The largest absolute Gasteiger partial charge is 0.409 e. The minimum absolute atomic E-state index is 0.0801. The number of hydrogen-bond donors (Lipinski definition) is 3. The molecule has 1 saturated carbocycles. The van der Waals surface area contributed by atoms with Crippen LogP contribution in [0.25, 0.3) is 0 Å². The fraction of sp³-hybridized carbons (Fsp3) is 0.462. The van der Waals surface area contributed by atoms with Crippen LogP contribution in [0.2, 0.25) is 0 Å². The van der Waals surface area contributed by atoms with Crippen LogP contribution in [0.5, 0.6) is 0 Å². The van der Waals surface area contributed by atoms with Crippen LogP contribution in [0.3, 0.4) is 0 Å². The van der Waals surface area contributed by atoms with E-state index in [0.717, 1.165) is 12.1 Å². The predicted octanol–water partition coefficient (Wildman–Crippen LogP) is 1.91. The molecular weight excluding hydrogens is 265 g/mol. The van der Waals surface area contributed by atoms with Crippen molar-refractivity contribution >= 4 is 17.6 Å². The van der Waals surface area contributed by atoms with Crippen LogP contribution in [0.1, 0.15) is 24.0 Å². The second-order valence-corrected chi connectivity index (χ2v) is 6.10. The Morgan fingerprint density at radius 2 is 2.26 bits per heavy atom. The van der Waals surface area contributed by atoms with Crippen molar-refractivity contribution in [2.24, 2.45) is 10.9 Å². The average Bonchev–Trinajstić information content (AvgIpc) is 3.18. The Morgan fingerprint density at radius 3 is 2.84 bits per heavy atom. The van der Waals surface area contributed by atoms with Crippen molar-refractivity contribution in [3.05, 3.63) is 35.1 Å². The van der Waals surface area contributed by atoms with E-state index >= 15 is 0 Å². The van der Waals surface area contributed by atoms with Crippen molar-refractivity contribution in [2.75, 3.05) is 12.8 Å². The number of nitrogens with two attached hydrogens (primary N) is 1. The fourth-order valence-electron chi connectivity index (χ4n) is 1.99. The van der Waals surface area contributed by atoms with Crippen LogP contribution in [0.4, 0.5) is 4.39 Å². The number of rotatable bonds is 6. The molecule has 0 aliphatic heterocycles. The lowest BCUT2D eigenvalue weighted by Gasteiger charge is -2.13. The monoisotopic (exact) mass is 283 g/mol. The Balaban J connectivity index is 1.98. The number of thioether (sulfide) groups is 1. The number of nitrogens with one attached hydrogen (secondary N) is 1. The van der Waals surface area contributed by atoms with Crippen molar-refractivity contribution in [2.45, 2.75) is 24.1 Å². The number of oxime groups is 1. The summed E-state index contributed by atoms with van der Waals surface area (Å²) < 4.78 is 13.8. The molecule has 0 saturated heterocycles. The summed E-state index contributed by atoms with van der Waals surface area (Å²) in [5, 5.41) is 14.8. The molecule has 19 heavy (non-hydrogen) atoms. The van der Waals surface area contributed by atoms with Crippen molar-refractivity contribution in [3.8, 4) is 0 Å². The van der Waals surface area contributed by atoms with Gasteiger partial charge in [-0.3, -0.25) is 0 Å². The molecule has 1 fully saturated rings. The van der Waals surface area contributed by atoms with Gasteiger partial charge in [-0.25, -0.2) is 4.39 Å². The molecule has 0 amide bonds. The van der Waals surface area contributed by atoms with Gasteiger partial charge in [0.2, 0.25) is 0 Å². The van der Waals surface area contributed by atoms with Gasteiger partial charge in [0, 0.05) is 23.4 Å². The van der Waals surface area contributed by atoms with Crippen molar-refractivity contribution in [3.63, 3.8) is 0 Å². The van der Waals surface area contributed by atoms with E-state index in [1.54, 1.807) is 6.07 Å². The molecule has 1 aromatic rings. The normalized spacial score (nSPS) is 17.5. The second-order valence-electron chi connectivity index (χ2n) is 4.82. The van der Waals surface area contributed by atoms with Crippen molar-refractivity contribution < 1.29 is 9.60 Å². The molecule has 0 unspecified atom stereocenters. The molecule has 0 bridgehead atoms. The third kappa shape index (κ3) is 3.61. The van der Waals surface area contributed by atoms with Gasteiger partial charge in [0.1, 0.15) is 5.82 Å². The highest BCUT2D eigenvalue weighted by Crippen LogP contribution is 2.46. The van der Waals surface area contributed by atoms with Crippen LogP contribution < -0.4 is 11.1 Å². The minimum Gasteiger partial charge on any atom is -0.409 e. The number of halogens is 1. The Bertz CT molecular complexity index is 489. The quantitative estimate of drug-likeness (QED) is 0.323. The highest BCUT2D eigenvalue weighted by molar-refractivity contribution is 8.00. The molecule has 1 aliphatic carbocycles. The molecule has 1 aromatic carbocycles. The zero-order chi connectivity index (χ0) is 13.9. The van der Waals surface area contributed by atoms with Gasteiger partial charge in [0.15, 0.2) is 5.84 Å². The van der Waals surface area contributed by atoms with E-state index in [1.807, 2.05) is 11.8 Å². The predicted molar refractivity (Wildman–Crippen MR) is 76.1 cm³/mol. The Labute approximate surface area is 116 Å². The lowest BCUT2D eigenvalue weighted by Crippen LogP contribution is -2.25. The maximum Gasteiger partial charge on any atom is 0.170 e. The first-order chi connectivity index (χ1) is 9.08. The van der Waals surface area contributed by atoms with E-state index in [9.17, 15) is 4.39 Å². The van der Waals surface area contributed by atoms with Crippen LogP contribution >= 0.6 is 11.8 Å². The van der Waals surface area contributed by atoms with E-state index in [-0.39, 0.29) is 11.7 Å². The zero-order valence-electron chi connectivity index (χ0n) is 10.8. The van der Waals surface area contributed by atoms with Gasteiger partial charge in [-0.05, 0) is 42.9 Å². The van der Waals surface area contributed by atoms with E-state index in [1.165, 1.54) is 25.0 Å². The number of benzene rings is 1. The first kappa shape index (κ1) is 14.1. The molecule has 2 rings (SSSR count). The SMILES string of the molecule is CSC1(CNCc2cc(F)cc(/C(N)=N/O)c2)CC1. The second kappa shape index (κ2) is 5.79. The summed E-state index contributed by atoms with van der Waals surface area (Å²) in [5.74, 6) is -0.463. The third-order valence-corrected chi connectivity index (χ3v) is 4.80. The summed E-state index contributed by atoms with van der Waals surface area (Å²) in [4.78, 5) is 0. The lowest BCUT2D eigenvalue weighted by molar-refractivity contribution is 0.318. The lowest BCUT2D eigenvalue weighted by atomic mass is 10.1. The van der Waals surface area contributed by atoms with Gasteiger partial charge in [-0.2, -0.15) is 11.8 Å². The highest BCUT2D eigenvalue weighted by Gasteiger charge is 2.41. The molecule has 0 radical (unpaired) electrons. The average molecular weight is 283 g/mol. The summed E-state index contributed by atoms with van der Waals surface area (Å²) in [7, 11) is 0. The number of hydrogen-bond acceptors (Lipinski definition) is 4. The van der Waals surface area contributed by atoms with Crippen molar-refractivity contribution in [1.29, 1.82) is 0 Å². The molecule has 1 aliphatic rings. The van der Waals surface area contributed by atoms with E-state index in [0.29, 0.717) is 16.9 Å². The molecule has 6 heteroatoms. The fourth-order valence-corrected chi connectivity index (χ4v) is 2.74. The highest BCUT2D eigenvalue weighted by atomic mass is 32.2. The summed E-state index contributed by atoms with van der Waals surface area (Å²) in [5.41, 5.74) is 6.66. The molecule has 4 nitrogen and oxygen atoms in total. The van der Waals surface area contributed by atoms with E-state index < -0.39 is 0 Å². The van der Waals surface area contributed by atoms with Gasteiger partial charge < -0.3 is 16.3 Å². The standard InChI is InChI=1S/C13H18FN3OS/c1-19-13(2-3-13)8-16-7-9-4-10(12(15)17-18)6-11(14)5-9/h4-6,16,18H,2-3,7-8H2,1H3,(H2,15,17). The molecule has 0 atom stereocenters. The van der Waals surface area contributed by atoms with Crippen LogP contribution in [0, 0.1) is 5.82 Å². The zero-order valence-corrected chi connectivity index (χ0v) is 11.6. The molecule has 0 spiro atoms. The third-order valence-electron chi connectivity index (χ3n) is 3.38. The first-order valence-electron chi connectivity index (χ1n) is 6.12. The van der Waals surface area contributed by atoms with Gasteiger partial charge in [-0.1, -0.05) is 5.16 Å². The summed E-state index contributed by atoms with van der Waals surface area (Å²) in [6, 6.07) is 4.44. The maximum atomic E-state index is 13.4. The summed E-state index contributed by atoms with van der Waals surface area (Å²) in [6.45, 7) is 1.50. The van der Waals surface area contributed by atoms with Crippen LogP contribution in [-0.4, -0.2) is 28.6 Å². The van der Waals surface area contributed by atoms with Gasteiger partial charge in [-0.15, -0.1) is 0 Å². The Morgan fingerprint density at radius 1 is 1.53 bits per heavy atom. The summed E-state index contributed by atoms with van der Waals surface area (Å²) in [6.07, 6.45) is 4.59. The number of amidine groups is 1. The Kier molecular flexibility index (Phi) is 4.31. The van der Waals surface area contributed by atoms with Crippen LogP contribution in [-0.2, 0) is 6.54 Å². The molecule has 4 N–H and O–H groups in total. The molecular formula is C13H18FN3OS. The molecule has 0 heterocycles. The molecule has 0 aromatic heterocycles. The Hall–Kier alpha value is -1.27. The van der Waals surface area contributed by atoms with Gasteiger partial charge >= 0.3 is 0 Å². The van der Waals surface area contributed by atoms with Gasteiger partial charge in [0.05, 0.1) is 0 Å². The van der Waals surface area contributed by atoms with Crippen LogP contribution in [0.15, 0.2) is 23.4 Å². The smallest absolute Gasteiger partial charge is 0.170 e. The summed E-state index contributed by atoms with van der Waals surface area (Å²) >= 11 is 1.88. The van der Waals surface area contributed by atoms with E-state index in [4.69, 9.17) is 10.9 Å². The molecule has 104 valence electrons.